The van der Waals surface area contributed by atoms with Crippen LogP contribution in [0.2, 0.25) is 18.1 Å². The summed E-state index contributed by atoms with van der Waals surface area (Å²) < 4.78 is 0. The van der Waals surface area contributed by atoms with Crippen LogP contribution in [0.4, 0.5) is 0 Å². The van der Waals surface area contributed by atoms with Gasteiger partial charge in [-0.3, -0.25) is 4.80 Å². The Hall–Kier alpha value is -0.0831. The van der Waals surface area contributed by atoms with Crippen molar-refractivity contribution >= 4 is 8.32 Å². The van der Waals surface area contributed by atoms with Gasteiger partial charge in [0, 0.05) is 0 Å². The molecule has 15 heavy (non-hydrogen) atoms. The van der Waals surface area contributed by atoms with Gasteiger partial charge < -0.3 is 0 Å². The lowest BCUT2D eigenvalue weighted by Gasteiger charge is -2.20. The Kier molecular flexibility index (Phi) is 9.11. The predicted octanol–water partition coefficient (Wildman–Crippen LogP) is 4.93. The first-order valence-electron chi connectivity index (χ1n) is 6.50. The van der Waals surface area contributed by atoms with Crippen molar-refractivity contribution < 1.29 is 4.80 Å². The molecule has 0 saturated heterocycles. The van der Waals surface area contributed by atoms with E-state index in [4.69, 9.17) is 0 Å². The van der Waals surface area contributed by atoms with Crippen LogP contribution in [0.25, 0.3) is 0 Å². The second kappa shape index (κ2) is 9.17. The van der Waals surface area contributed by atoms with Crippen molar-refractivity contribution in [2.45, 2.75) is 70.5 Å². The molecule has 0 unspecified atom stereocenters. The molecule has 89 valence electrons. The van der Waals surface area contributed by atoms with Crippen LogP contribution in [-0.2, 0) is 4.80 Å². The van der Waals surface area contributed by atoms with E-state index in [9.17, 15) is 4.80 Å². The van der Waals surface area contributed by atoms with Crippen LogP contribution in [0.3, 0.4) is 0 Å². The number of hydrogen-bond acceptors (Lipinski definition) is 0. The van der Waals surface area contributed by atoms with Crippen LogP contribution in [0, 0.1) is 0 Å². The maximum absolute atomic E-state index is 12.5. The third-order valence-electron chi connectivity index (χ3n) is 2.99. The van der Waals surface area contributed by atoms with Crippen molar-refractivity contribution in [1.82, 2.24) is 0 Å². The highest BCUT2D eigenvalue weighted by Gasteiger charge is 2.30. The zero-order valence-electron chi connectivity index (χ0n) is 10.6. The second-order valence-corrected chi connectivity index (χ2v) is 8.36. The van der Waals surface area contributed by atoms with Gasteiger partial charge in [0.05, 0.1) is 0 Å². The number of allylic oxidation sites excluding steroid dienone is 1. The van der Waals surface area contributed by atoms with Crippen molar-refractivity contribution in [3.8, 4) is 0 Å². The van der Waals surface area contributed by atoms with Gasteiger partial charge in [0.15, 0.2) is 0 Å². The molecule has 1 radical (unpaired) electrons. The molecule has 0 aromatic heterocycles. The Labute approximate surface area is 96.7 Å². The fourth-order valence-electron chi connectivity index (χ4n) is 1.99. The van der Waals surface area contributed by atoms with E-state index in [1.54, 1.807) is 0 Å². The van der Waals surface area contributed by atoms with Crippen molar-refractivity contribution in [2.24, 2.45) is 0 Å². The normalized spacial score (nSPS) is 11.7. The summed E-state index contributed by atoms with van der Waals surface area (Å²) in [7, 11) is -2.19. The maximum Gasteiger partial charge on any atom is 0.241 e. The molecule has 0 rings (SSSR count). The summed E-state index contributed by atoms with van der Waals surface area (Å²) in [5, 5.41) is 0. The first kappa shape index (κ1) is 14.9. The molecule has 0 atom stereocenters. The zero-order valence-corrected chi connectivity index (χ0v) is 11.6. The third kappa shape index (κ3) is 7.80. The van der Waals surface area contributed by atoms with Gasteiger partial charge in [-0.2, -0.15) is 0 Å². The average Bonchev–Trinajstić information content (AvgIpc) is 2.19. The number of rotatable bonds is 10. The molecule has 0 heterocycles. The van der Waals surface area contributed by atoms with Crippen LogP contribution in [0.15, 0.2) is 12.7 Å². The van der Waals surface area contributed by atoms with Gasteiger partial charge in [-0.1, -0.05) is 58.4 Å². The number of hydrogen-bond donors (Lipinski definition) is 0. The molecule has 0 bridgehead atoms. The minimum absolute atomic E-state index is 0.778. The highest BCUT2D eigenvalue weighted by molar-refractivity contribution is 6.72. The van der Waals surface area contributed by atoms with E-state index in [0.717, 1.165) is 31.0 Å². The molecule has 0 saturated carbocycles. The standard InChI is InChI=1S/C13H27OSi/c1-4-7-9-12-15(14,11-6-3)13-10-8-5-2/h6H,3-5,7-13H2,1-2H3. The van der Waals surface area contributed by atoms with Crippen molar-refractivity contribution in [3.05, 3.63) is 12.7 Å². The molecule has 0 spiro atoms. The molecular weight excluding hydrogens is 200 g/mol. The third-order valence-corrected chi connectivity index (χ3v) is 6.55. The van der Waals surface area contributed by atoms with Gasteiger partial charge in [-0.25, -0.2) is 0 Å². The Balaban J connectivity index is 3.88. The quantitative estimate of drug-likeness (QED) is 0.286. The molecule has 0 amide bonds. The van der Waals surface area contributed by atoms with Gasteiger partial charge in [0.2, 0.25) is 8.32 Å². The zero-order chi connectivity index (χ0) is 11.6. The Morgan fingerprint density at radius 3 is 1.80 bits per heavy atom. The Morgan fingerprint density at radius 1 is 1.00 bits per heavy atom. The lowest BCUT2D eigenvalue weighted by molar-refractivity contribution is 0.407. The first-order chi connectivity index (χ1) is 7.18. The fraction of sp³-hybridized carbons (Fsp3) is 0.846. The summed E-state index contributed by atoms with van der Waals surface area (Å²) in [4.78, 5) is 12.5. The molecule has 0 N–H and O–H groups in total. The molecule has 0 aliphatic heterocycles. The van der Waals surface area contributed by atoms with E-state index in [1.165, 1.54) is 25.7 Å². The topological polar surface area (TPSA) is 19.9 Å². The molecule has 0 aliphatic rings. The lowest BCUT2D eigenvalue weighted by Crippen LogP contribution is -2.31. The average molecular weight is 227 g/mol. The van der Waals surface area contributed by atoms with Crippen molar-refractivity contribution in [3.63, 3.8) is 0 Å². The minimum atomic E-state index is -2.19. The van der Waals surface area contributed by atoms with E-state index in [1.807, 2.05) is 6.08 Å². The molecule has 0 aromatic carbocycles. The van der Waals surface area contributed by atoms with E-state index in [2.05, 4.69) is 20.4 Å². The second-order valence-electron chi connectivity index (χ2n) is 4.59. The SMILES string of the molecule is C=CC[Si]([O])(CCCCC)CCCCC. The maximum atomic E-state index is 12.5. The molecular formula is C13H27OSi. The van der Waals surface area contributed by atoms with Crippen molar-refractivity contribution in [2.75, 3.05) is 0 Å². The van der Waals surface area contributed by atoms with Crippen LogP contribution in [-0.4, -0.2) is 8.32 Å². The largest absolute Gasteiger partial charge is 0.297 e. The van der Waals surface area contributed by atoms with Crippen LogP contribution < -0.4 is 0 Å². The van der Waals surface area contributed by atoms with Gasteiger partial charge in [0.25, 0.3) is 0 Å². The molecule has 0 aliphatic carbocycles. The summed E-state index contributed by atoms with van der Waals surface area (Å²) >= 11 is 0. The van der Waals surface area contributed by atoms with Gasteiger partial charge in [0.1, 0.15) is 0 Å². The van der Waals surface area contributed by atoms with Crippen LogP contribution in [0.5, 0.6) is 0 Å². The van der Waals surface area contributed by atoms with Gasteiger partial charge in [-0.05, 0) is 18.1 Å². The van der Waals surface area contributed by atoms with E-state index in [-0.39, 0.29) is 0 Å². The van der Waals surface area contributed by atoms with Crippen LogP contribution in [0.1, 0.15) is 52.4 Å². The fourth-order valence-corrected chi connectivity index (χ4v) is 4.96. The minimum Gasteiger partial charge on any atom is -0.297 e. The Bertz CT molecular complexity index is 147. The Morgan fingerprint density at radius 2 is 1.47 bits per heavy atom. The molecule has 0 fully saturated rings. The highest BCUT2D eigenvalue weighted by Crippen LogP contribution is 2.25. The first-order valence-corrected chi connectivity index (χ1v) is 9.03. The van der Waals surface area contributed by atoms with E-state index in [0.29, 0.717) is 0 Å². The smallest absolute Gasteiger partial charge is 0.241 e. The summed E-state index contributed by atoms with van der Waals surface area (Å²) in [6, 6.07) is 2.72. The van der Waals surface area contributed by atoms with Crippen molar-refractivity contribution in [1.29, 1.82) is 0 Å². The summed E-state index contributed by atoms with van der Waals surface area (Å²) in [6.45, 7) is 8.12. The summed E-state index contributed by atoms with van der Waals surface area (Å²) in [5.74, 6) is 0. The molecule has 2 heteroatoms. The predicted molar refractivity (Wildman–Crippen MR) is 70.1 cm³/mol. The van der Waals surface area contributed by atoms with Gasteiger partial charge in [-0.15, -0.1) is 6.58 Å². The molecule has 1 nitrogen and oxygen atoms in total. The lowest BCUT2D eigenvalue weighted by atomic mass is 10.3. The summed E-state index contributed by atoms with van der Waals surface area (Å²) in [6.07, 6.45) is 9.03. The summed E-state index contributed by atoms with van der Waals surface area (Å²) in [5.41, 5.74) is 0. The van der Waals surface area contributed by atoms with Crippen LogP contribution >= 0.6 is 0 Å². The molecule has 0 aromatic rings. The number of unbranched alkanes of at least 4 members (excludes halogenated alkanes) is 4. The van der Waals surface area contributed by atoms with E-state index >= 15 is 0 Å². The monoisotopic (exact) mass is 227 g/mol. The van der Waals surface area contributed by atoms with E-state index < -0.39 is 8.32 Å². The van der Waals surface area contributed by atoms with Gasteiger partial charge >= 0.3 is 0 Å². The highest BCUT2D eigenvalue weighted by atomic mass is 28.4.